The molecule has 0 spiro atoms. The normalized spacial score (nSPS) is 12.1. The molecule has 0 unspecified atom stereocenters. The Bertz CT molecular complexity index is 1350. The largest absolute Gasteiger partial charge is 0.493 e. The molecule has 0 saturated carbocycles. The molecule has 0 atom stereocenters. The molecule has 0 amide bonds. The van der Waals surface area contributed by atoms with Crippen LogP contribution in [0.5, 0.6) is 23.0 Å². The molecule has 4 aromatic rings. The lowest BCUT2D eigenvalue weighted by atomic mass is 9.90. The van der Waals surface area contributed by atoms with Crippen LogP contribution in [-0.4, -0.2) is 34.2 Å². The highest BCUT2D eigenvalue weighted by atomic mass is 16.5. The van der Waals surface area contributed by atoms with Gasteiger partial charge in [-0.05, 0) is 51.4 Å². The Labute approximate surface area is 173 Å². The van der Waals surface area contributed by atoms with Crippen LogP contribution in [0.15, 0.2) is 48.5 Å². The molecule has 5 nitrogen and oxygen atoms in total. The maximum atomic E-state index is 13.4. The molecule has 5 heteroatoms. The summed E-state index contributed by atoms with van der Waals surface area (Å²) >= 11 is 0. The maximum absolute atomic E-state index is 13.4. The molecule has 0 bridgehead atoms. The Morgan fingerprint density at radius 3 is 1.40 bits per heavy atom. The van der Waals surface area contributed by atoms with E-state index in [-0.39, 0.29) is 5.78 Å². The third-order valence-electron chi connectivity index (χ3n) is 5.79. The van der Waals surface area contributed by atoms with E-state index in [1.807, 2.05) is 48.5 Å². The van der Waals surface area contributed by atoms with E-state index in [0.29, 0.717) is 34.1 Å². The van der Waals surface area contributed by atoms with E-state index >= 15 is 0 Å². The van der Waals surface area contributed by atoms with Crippen LogP contribution >= 0.6 is 0 Å². The van der Waals surface area contributed by atoms with E-state index in [4.69, 9.17) is 18.9 Å². The summed E-state index contributed by atoms with van der Waals surface area (Å²) < 4.78 is 22.2. The summed E-state index contributed by atoms with van der Waals surface area (Å²) in [6.45, 7) is 0. The van der Waals surface area contributed by atoms with Crippen molar-refractivity contribution in [3.8, 4) is 34.1 Å². The highest BCUT2D eigenvalue weighted by Crippen LogP contribution is 2.50. The smallest absolute Gasteiger partial charge is 0.194 e. The number of ether oxygens (including phenoxy) is 4. The summed E-state index contributed by atoms with van der Waals surface area (Å²) in [6.07, 6.45) is 0. The summed E-state index contributed by atoms with van der Waals surface area (Å²) in [6, 6.07) is 15.4. The zero-order valence-corrected chi connectivity index (χ0v) is 17.2. The number of benzene rings is 4. The fourth-order valence-electron chi connectivity index (χ4n) is 4.44. The van der Waals surface area contributed by atoms with Gasteiger partial charge in [-0.15, -0.1) is 0 Å². The Hall–Kier alpha value is -3.73. The molecule has 4 aromatic carbocycles. The Kier molecular flexibility index (Phi) is 4.07. The van der Waals surface area contributed by atoms with Gasteiger partial charge in [0.05, 0.1) is 28.4 Å². The van der Waals surface area contributed by atoms with Gasteiger partial charge in [0.1, 0.15) is 0 Å². The summed E-state index contributed by atoms with van der Waals surface area (Å²) in [5.41, 5.74) is 3.20. The molecule has 0 N–H and O–H groups in total. The zero-order chi connectivity index (χ0) is 21.0. The number of fused-ring (bicyclic) bond motifs is 8. The van der Waals surface area contributed by atoms with Crippen LogP contribution in [0.4, 0.5) is 0 Å². The standard InChI is InChI=1S/C25H20O5/c1-27-19-9-15-16-10-20(28-2)22(30-4)12-18(16)24-23(17(15)11-21(19)29-3)13-7-5-6-8-14(13)25(24)26/h5-12H,1-4H3. The lowest BCUT2D eigenvalue weighted by Crippen LogP contribution is -1.99. The van der Waals surface area contributed by atoms with E-state index in [0.717, 1.165) is 32.7 Å². The first-order valence-electron chi connectivity index (χ1n) is 9.54. The number of ketones is 1. The number of carbonyl (C=O) groups is 1. The van der Waals surface area contributed by atoms with Gasteiger partial charge in [0, 0.05) is 16.7 Å². The number of hydrogen-bond acceptors (Lipinski definition) is 5. The molecule has 0 radical (unpaired) electrons. The molecule has 5 rings (SSSR count). The molecule has 1 aliphatic carbocycles. The van der Waals surface area contributed by atoms with Crippen LogP contribution in [0, 0.1) is 0 Å². The number of methoxy groups -OCH3 is 4. The van der Waals surface area contributed by atoms with E-state index in [9.17, 15) is 4.79 Å². The topological polar surface area (TPSA) is 54.0 Å². The highest BCUT2D eigenvalue weighted by Gasteiger charge is 2.32. The molecule has 0 heterocycles. The SMILES string of the molecule is COc1cc2c3c(c4cc(OC)c(OC)cc4c2cc1OC)-c1ccccc1C3=O. The maximum Gasteiger partial charge on any atom is 0.194 e. The van der Waals surface area contributed by atoms with Crippen molar-refractivity contribution in [3.05, 3.63) is 59.7 Å². The Balaban J connectivity index is 2.05. The fraction of sp³-hybridized carbons (Fsp3) is 0.160. The predicted molar refractivity (Wildman–Crippen MR) is 117 cm³/mol. The van der Waals surface area contributed by atoms with Crippen LogP contribution in [-0.2, 0) is 0 Å². The summed E-state index contributed by atoms with van der Waals surface area (Å²) in [5, 5.41) is 3.60. The van der Waals surface area contributed by atoms with Crippen molar-refractivity contribution in [3.63, 3.8) is 0 Å². The van der Waals surface area contributed by atoms with Gasteiger partial charge in [0.25, 0.3) is 0 Å². The van der Waals surface area contributed by atoms with Gasteiger partial charge < -0.3 is 18.9 Å². The number of rotatable bonds is 4. The molecular formula is C25H20O5. The second kappa shape index (κ2) is 6.66. The summed E-state index contributed by atoms with van der Waals surface area (Å²) in [7, 11) is 6.42. The minimum Gasteiger partial charge on any atom is -0.493 e. The predicted octanol–water partition coefficient (Wildman–Crippen LogP) is 5.24. The van der Waals surface area contributed by atoms with Crippen LogP contribution in [0.2, 0.25) is 0 Å². The van der Waals surface area contributed by atoms with Crippen molar-refractivity contribution >= 4 is 27.3 Å². The van der Waals surface area contributed by atoms with Crippen molar-refractivity contribution in [2.45, 2.75) is 0 Å². The van der Waals surface area contributed by atoms with E-state index in [1.165, 1.54) is 0 Å². The van der Waals surface area contributed by atoms with E-state index < -0.39 is 0 Å². The van der Waals surface area contributed by atoms with Gasteiger partial charge in [-0.25, -0.2) is 0 Å². The molecule has 150 valence electrons. The monoisotopic (exact) mass is 400 g/mol. The minimum absolute atomic E-state index is 0.00880. The van der Waals surface area contributed by atoms with Gasteiger partial charge in [0.15, 0.2) is 28.8 Å². The average molecular weight is 400 g/mol. The molecule has 0 aliphatic heterocycles. The quantitative estimate of drug-likeness (QED) is 0.386. The zero-order valence-electron chi connectivity index (χ0n) is 17.2. The van der Waals surface area contributed by atoms with Crippen molar-refractivity contribution in [1.82, 2.24) is 0 Å². The van der Waals surface area contributed by atoms with Gasteiger partial charge in [-0.3, -0.25) is 4.79 Å². The van der Waals surface area contributed by atoms with Crippen LogP contribution in [0.3, 0.4) is 0 Å². The van der Waals surface area contributed by atoms with E-state index in [1.54, 1.807) is 28.4 Å². The lowest BCUT2D eigenvalue weighted by Gasteiger charge is -2.17. The van der Waals surface area contributed by atoms with Crippen LogP contribution in [0.1, 0.15) is 15.9 Å². The molecule has 0 saturated heterocycles. The van der Waals surface area contributed by atoms with Gasteiger partial charge in [0.2, 0.25) is 0 Å². The second-order valence-electron chi connectivity index (χ2n) is 7.13. The molecular weight excluding hydrogens is 380 g/mol. The number of carbonyl (C=O) groups excluding carboxylic acids is 1. The summed E-state index contributed by atoms with van der Waals surface area (Å²) in [5.74, 6) is 2.43. The van der Waals surface area contributed by atoms with Crippen molar-refractivity contribution < 1.29 is 23.7 Å². The van der Waals surface area contributed by atoms with Crippen LogP contribution in [0.25, 0.3) is 32.7 Å². The second-order valence-corrected chi connectivity index (χ2v) is 7.13. The van der Waals surface area contributed by atoms with E-state index in [2.05, 4.69) is 0 Å². The summed E-state index contributed by atoms with van der Waals surface area (Å²) in [4.78, 5) is 13.4. The lowest BCUT2D eigenvalue weighted by molar-refractivity contribution is 0.104. The van der Waals surface area contributed by atoms with Crippen molar-refractivity contribution in [1.29, 1.82) is 0 Å². The van der Waals surface area contributed by atoms with Crippen molar-refractivity contribution in [2.75, 3.05) is 28.4 Å². The fourth-order valence-corrected chi connectivity index (χ4v) is 4.44. The van der Waals surface area contributed by atoms with Gasteiger partial charge >= 0.3 is 0 Å². The Morgan fingerprint density at radius 1 is 0.533 bits per heavy atom. The first-order chi connectivity index (χ1) is 14.6. The first kappa shape index (κ1) is 18.3. The third-order valence-corrected chi connectivity index (χ3v) is 5.79. The average Bonchev–Trinajstić information content (AvgIpc) is 3.10. The van der Waals surface area contributed by atoms with Crippen molar-refractivity contribution in [2.24, 2.45) is 0 Å². The molecule has 1 aliphatic rings. The molecule has 0 aromatic heterocycles. The van der Waals surface area contributed by atoms with Gasteiger partial charge in [-0.2, -0.15) is 0 Å². The minimum atomic E-state index is 0.00880. The van der Waals surface area contributed by atoms with Crippen LogP contribution < -0.4 is 18.9 Å². The molecule has 30 heavy (non-hydrogen) atoms. The number of hydrogen-bond donors (Lipinski definition) is 0. The highest BCUT2D eigenvalue weighted by molar-refractivity contribution is 6.34. The molecule has 0 fully saturated rings. The first-order valence-corrected chi connectivity index (χ1v) is 9.54. The third kappa shape index (κ3) is 2.32. The van der Waals surface area contributed by atoms with Gasteiger partial charge in [-0.1, -0.05) is 24.3 Å². The Morgan fingerprint density at radius 2 is 0.933 bits per heavy atom.